The lowest BCUT2D eigenvalue weighted by atomic mass is 9.75. The quantitative estimate of drug-likeness (QED) is 0.692. The molecule has 0 heterocycles. The maximum Gasteiger partial charge on any atom is -0.0156 e. The van der Waals surface area contributed by atoms with Crippen LogP contribution in [0.5, 0.6) is 0 Å². The Balaban J connectivity index is 1.77. The molecule has 91 valence electrons. The molecule has 2 aromatic rings. The first kappa shape index (κ1) is 11.5. The summed E-state index contributed by atoms with van der Waals surface area (Å²) in [5, 5.41) is 0. The zero-order valence-electron chi connectivity index (χ0n) is 10.7. The summed E-state index contributed by atoms with van der Waals surface area (Å²) in [6, 6.07) is 22.7. The van der Waals surface area contributed by atoms with Crippen molar-refractivity contribution in [2.24, 2.45) is 0 Å². The zero-order chi connectivity index (χ0) is 12.2. The molecule has 0 saturated heterocycles. The number of hydrogen-bond acceptors (Lipinski definition) is 0. The minimum absolute atomic E-state index is 0.735. The van der Waals surface area contributed by atoms with Crippen molar-refractivity contribution in [3.05, 3.63) is 71.8 Å². The van der Waals surface area contributed by atoms with E-state index in [9.17, 15) is 0 Å². The molecule has 2 aromatic carbocycles. The lowest BCUT2D eigenvalue weighted by Gasteiger charge is -2.29. The molecule has 2 atom stereocenters. The highest BCUT2D eigenvalue weighted by atomic mass is 14.3. The van der Waals surface area contributed by atoms with Gasteiger partial charge in [0.05, 0.1) is 0 Å². The van der Waals surface area contributed by atoms with Crippen LogP contribution < -0.4 is 0 Å². The van der Waals surface area contributed by atoms with Crippen molar-refractivity contribution in [3.63, 3.8) is 0 Å². The third-order valence-corrected chi connectivity index (χ3v) is 4.16. The monoisotopic (exact) mass is 235 g/mol. The Hall–Kier alpha value is -1.56. The molecule has 1 fully saturated rings. The average Bonchev–Trinajstić information content (AvgIpc) is 2.49. The van der Waals surface area contributed by atoms with Gasteiger partial charge in [0.2, 0.25) is 0 Å². The third kappa shape index (κ3) is 2.48. The van der Waals surface area contributed by atoms with Crippen LogP contribution in [0.3, 0.4) is 0 Å². The first-order chi connectivity index (χ1) is 8.93. The minimum atomic E-state index is 0.735. The van der Waals surface area contributed by atoms with E-state index in [1.807, 2.05) is 12.1 Å². The first-order valence-electron chi connectivity index (χ1n) is 6.94. The van der Waals surface area contributed by atoms with Crippen molar-refractivity contribution in [2.75, 3.05) is 0 Å². The number of benzene rings is 2. The van der Waals surface area contributed by atoms with E-state index in [-0.39, 0.29) is 0 Å². The second kappa shape index (κ2) is 5.39. The van der Waals surface area contributed by atoms with Crippen molar-refractivity contribution in [1.29, 1.82) is 0 Å². The van der Waals surface area contributed by atoms with E-state index in [2.05, 4.69) is 48.5 Å². The van der Waals surface area contributed by atoms with Crippen molar-refractivity contribution in [3.8, 4) is 0 Å². The Labute approximate surface area is 110 Å². The predicted molar refractivity (Wildman–Crippen MR) is 75.7 cm³/mol. The largest absolute Gasteiger partial charge is 0.0622 e. The van der Waals surface area contributed by atoms with Crippen LogP contribution in [0.2, 0.25) is 0 Å². The average molecular weight is 235 g/mol. The predicted octanol–water partition coefficient (Wildman–Crippen LogP) is 4.93. The zero-order valence-corrected chi connectivity index (χ0v) is 10.7. The molecule has 0 aromatic heterocycles. The highest BCUT2D eigenvalue weighted by Crippen LogP contribution is 2.40. The van der Waals surface area contributed by atoms with Crippen molar-refractivity contribution in [1.82, 2.24) is 0 Å². The molecule has 0 aliphatic heterocycles. The summed E-state index contributed by atoms with van der Waals surface area (Å²) in [4.78, 5) is 0. The third-order valence-electron chi connectivity index (χ3n) is 4.16. The molecule has 2 unspecified atom stereocenters. The summed E-state index contributed by atoms with van der Waals surface area (Å²) < 4.78 is 0. The topological polar surface area (TPSA) is 0 Å². The van der Waals surface area contributed by atoms with Gasteiger partial charge in [0.25, 0.3) is 0 Å². The van der Waals surface area contributed by atoms with Gasteiger partial charge in [0, 0.05) is 0 Å². The van der Waals surface area contributed by atoms with Gasteiger partial charge in [-0.2, -0.15) is 0 Å². The van der Waals surface area contributed by atoms with E-state index < -0.39 is 0 Å². The molecule has 3 rings (SSSR count). The molecule has 1 aliphatic carbocycles. The Morgan fingerprint density at radius 3 is 2.06 bits per heavy atom. The summed E-state index contributed by atoms with van der Waals surface area (Å²) in [6.07, 6.45) is 5.34. The molecule has 1 saturated carbocycles. The Kier molecular flexibility index (Phi) is 3.45. The van der Waals surface area contributed by atoms with E-state index in [0.29, 0.717) is 0 Å². The molecule has 0 N–H and O–H groups in total. The molecular formula is C18H19. The highest BCUT2D eigenvalue weighted by molar-refractivity contribution is 5.24. The summed E-state index contributed by atoms with van der Waals surface area (Å²) in [7, 11) is 0. The van der Waals surface area contributed by atoms with Crippen LogP contribution in [0.15, 0.2) is 54.6 Å². The van der Waals surface area contributed by atoms with Crippen LogP contribution in [0.25, 0.3) is 0 Å². The van der Waals surface area contributed by atoms with E-state index in [0.717, 1.165) is 11.8 Å². The molecule has 0 heteroatoms. The second-order valence-electron chi connectivity index (χ2n) is 5.30. The normalized spacial score (nSPS) is 23.8. The van der Waals surface area contributed by atoms with Gasteiger partial charge in [-0.1, -0.05) is 61.0 Å². The molecule has 0 spiro atoms. The van der Waals surface area contributed by atoms with Gasteiger partial charge in [-0.05, 0) is 48.3 Å². The van der Waals surface area contributed by atoms with E-state index >= 15 is 0 Å². The maximum absolute atomic E-state index is 3.11. The number of hydrogen-bond donors (Lipinski definition) is 0. The second-order valence-corrected chi connectivity index (χ2v) is 5.30. The number of rotatable bonds is 2. The fourth-order valence-corrected chi connectivity index (χ4v) is 3.19. The molecule has 0 bridgehead atoms. The molecule has 0 nitrogen and oxygen atoms in total. The Bertz CT molecular complexity index is 426. The smallest absolute Gasteiger partial charge is 0.0156 e. The first-order valence-corrected chi connectivity index (χ1v) is 6.94. The molecule has 18 heavy (non-hydrogen) atoms. The molecular weight excluding hydrogens is 216 g/mol. The fraction of sp³-hybridized carbons (Fsp3) is 0.333. The van der Waals surface area contributed by atoms with Crippen molar-refractivity contribution in [2.45, 2.75) is 37.5 Å². The standard InChI is InChI=1S/C18H19/c1-3-8-15(9-4-1)17-12-7-13-18(14-17)16-10-5-2-6-11-16/h1,3-6,8-11,17-18H,7,12-14H2. The fourth-order valence-electron chi connectivity index (χ4n) is 3.19. The minimum Gasteiger partial charge on any atom is -0.0622 e. The molecule has 0 amide bonds. The maximum atomic E-state index is 3.11. The van der Waals surface area contributed by atoms with Crippen LogP contribution in [-0.2, 0) is 0 Å². The van der Waals surface area contributed by atoms with Crippen LogP contribution >= 0.6 is 0 Å². The lowest BCUT2D eigenvalue weighted by Crippen LogP contribution is -2.12. The Morgan fingerprint density at radius 2 is 1.39 bits per heavy atom. The molecule has 1 radical (unpaired) electrons. The van der Waals surface area contributed by atoms with Crippen molar-refractivity contribution < 1.29 is 0 Å². The van der Waals surface area contributed by atoms with Crippen LogP contribution in [0, 0.1) is 6.07 Å². The lowest BCUT2D eigenvalue weighted by molar-refractivity contribution is 0.394. The van der Waals surface area contributed by atoms with Crippen LogP contribution in [0.4, 0.5) is 0 Å². The summed E-state index contributed by atoms with van der Waals surface area (Å²) >= 11 is 0. The van der Waals surface area contributed by atoms with Gasteiger partial charge in [-0.3, -0.25) is 0 Å². The van der Waals surface area contributed by atoms with Gasteiger partial charge in [0.15, 0.2) is 0 Å². The van der Waals surface area contributed by atoms with E-state index in [1.54, 1.807) is 0 Å². The summed E-state index contributed by atoms with van der Waals surface area (Å²) in [5.74, 6) is 1.48. The summed E-state index contributed by atoms with van der Waals surface area (Å²) in [5.41, 5.74) is 3.01. The van der Waals surface area contributed by atoms with Crippen LogP contribution in [-0.4, -0.2) is 0 Å². The van der Waals surface area contributed by atoms with E-state index in [4.69, 9.17) is 0 Å². The van der Waals surface area contributed by atoms with Crippen molar-refractivity contribution >= 4 is 0 Å². The van der Waals surface area contributed by atoms with Gasteiger partial charge < -0.3 is 0 Å². The van der Waals surface area contributed by atoms with Gasteiger partial charge >= 0.3 is 0 Å². The van der Waals surface area contributed by atoms with Gasteiger partial charge in [-0.25, -0.2) is 0 Å². The van der Waals surface area contributed by atoms with Gasteiger partial charge in [-0.15, -0.1) is 0 Å². The van der Waals surface area contributed by atoms with Crippen LogP contribution in [0.1, 0.15) is 48.6 Å². The SMILES string of the molecule is [c]1ccc(C2CCCC(c3ccccc3)C2)cc1. The molecule has 1 aliphatic rings. The summed E-state index contributed by atoms with van der Waals surface area (Å²) in [6.45, 7) is 0. The van der Waals surface area contributed by atoms with E-state index in [1.165, 1.54) is 36.8 Å². The van der Waals surface area contributed by atoms with Gasteiger partial charge in [0.1, 0.15) is 0 Å². The Morgan fingerprint density at radius 1 is 0.778 bits per heavy atom. The highest BCUT2D eigenvalue weighted by Gasteiger charge is 2.23.